The molecule has 0 aliphatic rings. The summed E-state index contributed by atoms with van der Waals surface area (Å²) < 4.78 is 2.72. The third kappa shape index (κ3) is 4.07. The van der Waals surface area contributed by atoms with E-state index in [0.29, 0.717) is 12.0 Å². The van der Waals surface area contributed by atoms with Gasteiger partial charge in [0, 0.05) is 7.05 Å². The Bertz CT molecular complexity index is 318. The van der Waals surface area contributed by atoms with Gasteiger partial charge in [0.2, 0.25) is 0 Å². The molecule has 0 aromatic carbocycles. The van der Waals surface area contributed by atoms with Crippen LogP contribution in [0.15, 0.2) is 4.60 Å². The van der Waals surface area contributed by atoms with Crippen LogP contribution in [0.25, 0.3) is 0 Å². The molecule has 1 heterocycles. The fourth-order valence-electron chi connectivity index (χ4n) is 1.89. The Morgan fingerprint density at radius 1 is 1.41 bits per heavy atom. The van der Waals surface area contributed by atoms with Crippen LogP contribution in [-0.2, 0) is 7.05 Å². The van der Waals surface area contributed by atoms with Crippen molar-refractivity contribution in [3.05, 3.63) is 10.3 Å². The van der Waals surface area contributed by atoms with Crippen LogP contribution in [-0.4, -0.2) is 21.5 Å². The number of aryl methyl sites for hydroxylation is 1. The summed E-state index contributed by atoms with van der Waals surface area (Å²) in [4.78, 5) is 0. The molecule has 1 aromatic heterocycles. The Kier molecular flexibility index (Phi) is 6.12. The van der Waals surface area contributed by atoms with E-state index < -0.39 is 0 Å². The summed E-state index contributed by atoms with van der Waals surface area (Å²) in [5.74, 6) is 0.700. The second-order valence-corrected chi connectivity index (χ2v) is 5.40. The molecule has 1 rings (SSSR count). The zero-order chi connectivity index (χ0) is 12.8. The van der Waals surface area contributed by atoms with Gasteiger partial charge in [-0.15, -0.1) is 5.10 Å². The molecule has 5 heteroatoms. The lowest BCUT2D eigenvalue weighted by Gasteiger charge is -2.21. The lowest BCUT2D eigenvalue weighted by atomic mass is 9.97. The number of halogens is 1. The maximum absolute atomic E-state index is 4.07. The van der Waals surface area contributed by atoms with Gasteiger partial charge in [-0.1, -0.05) is 32.4 Å². The van der Waals surface area contributed by atoms with Crippen molar-refractivity contribution in [1.82, 2.24) is 20.3 Å². The van der Waals surface area contributed by atoms with Gasteiger partial charge in [0.05, 0.1) is 11.7 Å². The van der Waals surface area contributed by atoms with Gasteiger partial charge < -0.3 is 5.32 Å². The summed E-state index contributed by atoms with van der Waals surface area (Å²) in [6, 6.07) is 0.333. The Labute approximate surface area is 112 Å². The number of nitrogens with zero attached hydrogens (tertiary/aromatic N) is 3. The molecule has 0 spiro atoms. The highest BCUT2D eigenvalue weighted by Crippen LogP contribution is 2.27. The largest absolute Gasteiger partial charge is 0.309 e. The van der Waals surface area contributed by atoms with Crippen molar-refractivity contribution in [1.29, 1.82) is 0 Å². The standard InChI is InChI=1S/C12H23BrN4/c1-5-7-14-10(8-9(3)6-2)11-12(13)15-16-17(11)4/h9-10,14H,5-8H2,1-4H3. The van der Waals surface area contributed by atoms with Crippen LogP contribution in [0.2, 0.25) is 0 Å². The van der Waals surface area contributed by atoms with Crippen LogP contribution in [0, 0.1) is 5.92 Å². The third-order valence-corrected chi connectivity index (χ3v) is 3.70. The molecule has 2 unspecified atom stereocenters. The maximum atomic E-state index is 4.07. The highest BCUT2D eigenvalue weighted by molar-refractivity contribution is 9.10. The van der Waals surface area contributed by atoms with E-state index in [4.69, 9.17) is 0 Å². The van der Waals surface area contributed by atoms with Gasteiger partial charge in [0.1, 0.15) is 0 Å². The Hall–Kier alpha value is -0.420. The summed E-state index contributed by atoms with van der Waals surface area (Å²) >= 11 is 3.49. The molecule has 2 atom stereocenters. The van der Waals surface area contributed by atoms with Crippen molar-refractivity contribution in [2.24, 2.45) is 13.0 Å². The van der Waals surface area contributed by atoms with E-state index in [9.17, 15) is 0 Å². The molecule has 0 fully saturated rings. The van der Waals surface area contributed by atoms with Gasteiger partial charge in [-0.25, -0.2) is 4.68 Å². The molecule has 0 aliphatic heterocycles. The molecule has 0 bridgehead atoms. The first-order valence-electron chi connectivity index (χ1n) is 6.38. The lowest BCUT2D eigenvalue weighted by molar-refractivity contribution is 0.385. The topological polar surface area (TPSA) is 42.7 Å². The third-order valence-electron chi connectivity index (χ3n) is 3.13. The smallest absolute Gasteiger partial charge is 0.153 e. The van der Waals surface area contributed by atoms with Crippen LogP contribution in [0.1, 0.15) is 51.8 Å². The Morgan fingerprint density at radius 3 is 2.59 bits per heavy atom. The average Bonchev–Trinajstić information content (AvgIpc) is 2.64. The molecule has 4 nitrogen and oxygen atoms in total. The van der Waals surface area contributed by atoms with E-state index in [0.717, 1.165) is 29.7 Å². The maximum Gasteiger partial charge on any atom is 0.153 e. The van der Waals surface area contributed by atoms with Crippen LogP contribution < -0.4 is 5.32 Å². The van der Waals surface area contributed by atoms with Crippen molar-refractivity contribution in [2.75, 3.05) is 6.54 Å². The van der Waals surface area contributed by atoms with Gasteiger partial charge in [0.15, 0.2) is 4.60 Å². The molecule has 1 N–H and O–H groups in total. The van der Waals surface area contributed by atoms with E-state index in [1.54, 1.807) is 0 Å². The fourth-order valence-corrected chi connectivity index (χ4v) is 2.49. The first-order valence-corrected chi connectivity index (χ1v) is 7.17. The minimum Gasteiger partial charge on any atom is -0.309 e. The SMILES string of the molecule is CCCNC(CC(C)CC)c1c(Br)nnn1C. The lowest BCUT2D eigenvalue weighted by Crippen LogP contribution is -2.26. The number of rotatable bonds is 7. The molecule has 98 valence electrons. The normalized spacial score (nSPS) is 14.9. The van der Waals surface area contributed by atoms with Crippen molar-refractivity contribution in [2.45, 2.75) is 46.1 Å². The quantitative estimate of drug-likeness (QED) is 0.842. The van der Waals surface area contributed by atoms with Gasteiger partial charge in [-0.05, 0) is 41.2 Å². The molecule has 0 amide bonds. The monoisotopic (exact) mass is 302 g/mol. The summed E-state index contributed by atoms with van der Waals surface area (Å²) in [7, 11) is 1.95. The van der Waals surface area contributed by atoms with Gasteiger partial charge in [-0.2, -0.15) is 0 Å². The number of aromatic nitrogens is 3. The van der Waals surface area contributed by atoms with Crippen LogP contribution in [0.3, 0.4) is 0 Å². The number of hydrogen-bond donors (Lipinski definition) is 1. The minimum absolute atomic E-state index is 0.333. The molecule has 0 saturated carbocycles. The average molecular weight is 303 g/mol. The molecular weight excluding hydrogens is 280 g/mol. The van der Waals surface area contributed by atoms with Crippen molar-refractivity contribution in [3.63, 3.8) is 0 Å². The summed E-state index contributed by atoms with van der Waals surface area (Å²) in [6.45, 7) is 7.74. The van der Waals surface area contributed by atoms with Crippen molar-refractivity contribution >= 4 is 15.9 Å². The van der Waals surface area contributed by atoms with E-state index in [1.165, 1.54) is 6.42 Å². The molecule has 0 saturated heterocycles. The summed E-state index contributed by atoms with van der Waals surface area (Å²) in [5, 5.41) is 11.7. The van der Waals surface area contributed by atoms with Crippen LogP contribution in [0.4, 0.5) is 0 Å². The Morgan fingerprint density at radius 2 is 2.12 bits per heavy atom. The second-order valence-electron chi connectivity index (χ2n) is 4.64. The highest BCUT2D eigenvalue weighted by atomic mass is 79.9. The van der Waals surface area contributed by atoms with E-state index in [2.05, 4.69) is 52.3 Å². The van der Waals surface area contributed by atoms with Gasteiger partial charge >= 0.3 is 0 Å². The first-order chi connectivity index (χ1) is 8.10. The minimum atomic E-state index is 0.333. The highest BCUT2D eigenvalue weighted by Gasteiger charge is 2.21. The summed E-state index contributed by atoms with van der Waals surface area (Å²) in [5.41, 5.74) is 1.15. The fraction of sp³-hybridized carbons (Fsp3) is 0.833. The van der Waals surface area contributed by atoms with E-state index >= 15 is 0 Å². The summed E-state index contributed by atoms with van der Waals surface area (Å²) in [6.07, 6.45) is 3.46. The molecule has 0 radical (unpaired) electrons. The molecule has 0 aliphatic carbocycles. The second kappa shape index (κ2) is 7.11. The van der Waals surface area contributed by atoms with E-state index in [1.807, 2.05) is 11.7 Å². The van der Waals surface area contributed by atoms with Crippen LogP contribution >= 0.6 is 15.9 Å². The first kappa shape index (κ1) is 14.6. The number of nitrogens with one attached hydrogen (secondary N) is 1. The zero-order valence-electron chi connectivity index (χ0n) is 11.2. The number of hydrogen-bond acceptors (Lipinski definition) is 3. The van der Waals surface area contributed by atoms with Crippen LogP contribution in [0.5, 0.6) is 0 Å². The zero-order valence-corrected chi connectivity index (χ0v) is 12.8. The van der Waals surface area contributed by atoms with Gasteiger partial charge in [0.25, 0.3) is 0 Å². The predicted molar refractivity (Wildman–Crippen MR) is 73.8 cm³/mol. The molecule has 17 heavy (non-hydrogen) atoms. The predicted octanol–water partition coefficient (Wildman–Crippen LogP) is 3.05. The van der Waals surface area contributed by atoms with Gasteiger partial charge in [-0.3, -0.25) is 0 Å². The van der Waals surface area contributed by atoms with Crippen molar-refractivity contribution in [3.8, 4) is 0 Å². The van der Waals surface area contributed by atoms with Crippen molar-refractivity contribution < 1.29 is 0 Å². The Balaban J connectivity index is 2.81. The molecular formula is C12H23BrN4. The molecule has 1 aromatic rings. The van der Waals surface area contributed by atoms with E-state index in [-0.39, 0.29) is 0 Å².